The van der Waals surface area contributed by atoms with Crippen LogP contribution < -0.4 is 5.32 Å². The van der Waals surface area contributed by atoms with Crippen LogP contribution in [0.3, 0.4) is 0 Å². The Kier molecular flexibility index (Phi) is 3.83. The maximum atomic E-state index is 5.45. The minimum Gasteiger partial charge on any atom is -0.424 e. The van der Waals surface area contributed by atoms with Gasteiger partial charge < -0.3 is 9.73 Å². The second kappa shape index (κ2) is 5.75. The third-order valence-electron chi connectivity index (χ3n) is 4.13. The van der Waals surface area contributed by atoms with Crippen LogP contribution in [0.4, 0.5) is 0 Å². The lowest BCUT2D eigenvalue weighted by atomic mass is 9.89. The Hall–Kier alpha value is -1.68. The zero-order chi connectivity index (χ0) is 13.8. The van der Waals surface area contributed by atoms with E-state index in [-0.39, 0.29) is 5.54 Å². The van der Waals surface area contributed by atoms with Gasteiger partial charge in [-0.05, 0) is 24.8 Å². The Morgan fingerprint density at radius 2 is 1.90 bits per heavy atom. The summed E-state index contributed by atoms with van der Waals surface area (Å²) in [5, 5.41) is 11.6. The predicted octanol–water partition coefficient (Wildman–Crippen LogP) is 3.02. The first-order chi connectivity index (χ1) is 9.76. The zero-order valence-electron chi connectivity index (χ0n) is 11.9. The van der Waals surface area contributed by atoms with Crippen LogP contribution in [0.25, 0.3) is 0 Å². The molecule has 20 heavy (non-hydrogen) atoms. The molecule has 4 heteroatoms. The molecule has 2 aromatic rings. The third kappa shape index (κ3) is 3.07. The van der Waals surface area contributed by atoms with Crippen molar-refractivity contribution < 1.29 is 4.42 Å². The molecule has 1 saturated carbocycles. The molecule has 0 atom stereocenters. The van der Waals surface area contributed by atoms with E-state index < -0.39 is 0 Å². The third-order valence-corrected chi connectivity index (χ3v) is 4.13. The lowest BCUT2D eigenvalue weighted by Crippen LogP contribution is -2.44. The van der Waals surface area contributed by atoms with Gasteiger partial charge in [-0.25, -0.2) is 0 Å². The molecule has 1 fully saturated rings. The van der Waals surface area contributed by atoms with Gasteiger partial charge in [0, 0.05) is 12.5 Å². The molecule has 0 spiro atoms. The van der Waals surface area contributed by atoms with Crippen molar-refractivity contribution in [2.75, 3.05) is 0 Å². The average Bonchev–Trinajstić information content (AvgIpc) is 3.08. The second-order valence-corrected chi connectivity index (χ2v) is 5.72. The molecule has 1 aromatic heterocycles. The summed E-state index contributed by atoms with van der Waals surface area (Å²) in [5.41, 5.74) is 1.58. The molecule has 106 valence electrons. The van der Waals surface area contributed by atoms with Crippen molar-refractivity contribution in [3.8, 4) is 0 Å². The highest BCUT2D eigenvalue weighted by Crippen LogP contribution is 2.33. The SMILES string of the molecule is Cc1nnc(CNC2(Cc3ccccc3)CCCC2)o1. The monoisotopic (exact) mass is 271 g/mol. The molecule has 3 rings (SSSR count). The largest absolute Gasteiger partial charge is 0.424 e. The van der Waals surface area contributed by atoms with Gasteiger partial charge in [-0.3, -0.25) is 0 Å². The normalized spacial score (nSPS) is 17.4. The number of nitrogens with zero attached hydrogens (tertiary/aromatic N) is 2. The van der Waals surface area contributed by atoms with E-state index in [9.17, 15) is 0 Å². The summed E-state index contributed by atoms with van der Waals surface area (Å²) in [6, 6.07) is 10.7. The summed E-state index contributed by atoms with van der Waals surface area (Å²) in [7, 11) is 0. The van der Waals surface area contributed by atoms with Crippen molar-refractivity contribution in [2.45, 2.75) is 51.1 Å². The Morgan fingerprint density at radius 1 is 1.15 bits per heavy atom. The van der Waals surface area contributed by atoms with Crippen LogP contribution in [0, 0.1) is 6.92 Å². The maximum absolute atomic E-state index is 5.45. The number of nitrogens with one attached hydrogen (secondary N) is 1. The van der Waals surface area contributed by atoms with Crippen LogP contribution in [0.2, 0.25) is 0 Å². The van der Waals surface area contributed by atoms with Gasteiger partial charge >= 0.3 is 0 Å². The lowest BCUT2D eigenvalue weighted by Gasteiger charge is -2.30. The van der Waals surface area contributed by atoms with Gasteiger partial charge in [-0.1, -0.05) is 43.2 Å². The topological polar surface area (TPSA) is 51.0 Å². The molecule has 1 aromatic carbocycles. The molecule has 0 bridgehead atoms. The number of rotatable bonds is 5. The van der Waals surface area contributed by atoms with Gasteiger partial charge in [-0.2, -0.15) is 0 Å². The van der Waals surface area contributed by atoms with Crippen LogP contribution in [0.1, 0.15) is 43.0 Å². The Bertz CT molecular complexity index is 544. The van der Waals surface area contributed by atoms with Gasteiger partial charge in [-0.15, -0.1) is 10.2 Å². The van der Waals surface area contributed by atoms with E-state index in [0.29, 0.717) is 18.3 Å². The molecule has 1 heterocycles. The number of hydrogen-bond donors (Lipinski definition) is 1. The predicted molar refractivity (Wildman–Crippen MR) is 77.2 cm³/mol. The van der Waals surface area contributed by atoms with Crippen LogP contribution in [0.5, 0.6) is 0 Å². The average molecular weight is 271 g/mol. The maximum Gasteiger partial charge on any atom is 0.230 e. The minimum absolute atomic E-state index is 0.184. The first-order valence-corrected chi connectivity index (χ1v) is 7.34. The number of aryl methyl sites for hydroxylation is 1. The first kappa shape index (κ1) is 13.3. The number of hydrogen-bond acceptors (Lipinski definition) is 4. The summed E-state index contributed by atoms with van der Waals surface area (Å²) in [6.07, 6.45) is 6.09. The number of benzene rings is 1. The molecule has 4 nitrogen and oxygen atoms in total. The van der Waals surface area contributed by atoms with E-state index in [1.165, 1.54) is 31.2 Å². The van der Waals surface area contributed by atoms with Gasteiger partial charge in [0.05, 0.1) is 6.54 Å². The van der Waals surface area contributed by atoms with Crippen molar-refractivity contribution in [1.82, 2.24) is 15.5 Å². The second-order valence-electron chi connectivity index (χ2n) is 5.72. The van der Waals surface area contributed by atoms with Crippen LogP contribution in [-0.2, 0) is 13.0 Å². The fourth-order valence-electron chi connectivity index (χ4n) is 3.13. The van der Waals surface area contributed by atoms with E-state index in [4.69, 9.17) is 4.42 Å². The van der Waals surface area contributed by atoms with Crippen LogP contribution >= 0.6 is 0 Å². The molecule has 1 aliphatic carbocycles. The number of aromatic nitrogens is 2. The first-order valence-electron chi connectivity index (χ1n) is 7.34. The summed E-state index contributed by atoms with van der Waals surface area (Å²) in [4.78, 5) is 0. The summed E-state index contributed by atoms with van der Waals surface area (Å²) in [5.74, 6) is 1.31. The van der Waals surface area contributed by atoms with E-state index in [2.05, 4.69) is 45.8 Å². The zero-order valence-corrected chi connectivity index (χ0v) is 11.9. The Labute approximate surface area is 119 Å². The Balaban J connectivity index is 1.68. The van der Waals surface area contributed by atoms with Gasteiger partial charge in [0.1, 0.15) is 0 Å². The van der Waals surface area contributed by atoms with Gasteiger partial charge in [0.15, 0.2) is 0 Å². The molecular weight excluding hydrogens is 250 g/mol. The van der Waals surface area contributed by atoms with E-state index in [1.807, 2.05) is 6.92 Å². The van der Waals surface area contributed by atoms with Crippen LogP contribution in [0.15, 0.2) is 34.7 Å². The van der Waals surface area contributed by atoms with Crippen molar-refractivity contribution in [3.05, 3.63) is 47.7 Å². The molecule has 0 aliphatic heterocycles. The quantitative estimate of drug-likeness (QED) is 0.908. The molecule has 0 unspecified atom stereocenters. The van der Waals surface area contributed by atoms with E-state index in [1.54, 1.807) is 0 Å². The summed E-state index contributed by atoms with van der Waals surface area (Å²) < 4.78 is 5.45. The standard InChI is InChI=1S/C16H21N3O/c1-13-18-19-15(20-13)12-17-16(9-5-6-10-16)11-14-7-3-2-4-8-14/h2-4,7-8,17H,5-6,9-12H2,1H3. The highest BCUT2D eigenvalue weighted by Gasteiger charge is 2.33. The fraction of sp³-hybridized carbons (Fsp3) is 0.500. The highest BCUT2D eigenvalue weighted by atomic mass is 16.4. The smallest absolute Gasteiger partial charge is 0.230 e. The van der Waals surface area contributed by atoms with Crippen molar-refractivity contribution in [3.63, 3.8) is 0 Å². The molecular formula is C16H21N3O. The fourth-order valence-corrected chi connectivity index (χ4v) is 3.13. The molecule has 1 aliphatic rings. The van der Waals surface area contributed by atoms with Crippen LogP contribution in [-0.4, -0.2) is 15.7 Å². The van der Waals surface area contributed by atoms with Gasteiger partial charge in [0.25, 0.3) is 0 Å². The minimum atomic E-state index is 0.184. The van der Waals surface area contributed by atoms with Gasteiger partial charge in [0.2, 0.25) is 11.8 Å². The highest BCUT2D eigenvalue weighted by molar-refractivity contribution is 5.18. The summed E-state index contributed by atoms with van der Waals surface area (Å²) >= 11 is 0. The van der Waals surface area contributed by atoms with Crippen molar-refractivity contribution in [2.24, 2.45) is 0 Å². The molecule has 0 radical (unpaired) electrons. The molecule has 0 amide bonds. The summed E-state index contributed by atoms with van der Waals surface area (Å²) in [6.45, 7) is 2.49. The van der Waals surface area contributed by atoms with E-state index in [0.717, 1.165) is 6.42 Å². The Morgan fingerprint density at radius 3 is 2.55 bits per heavy atom. The lowest BCUT2D eigenvalue weighted by molar-refractivity contribution is 0.306. The van der Waals surface area contributed by atoms with Crippen molar-refractivity contribution in [1.29, 1.82) is 0 Å². The molecule has 1 N–H and O–H groups in total. The molecule has 0 saturated heterocycles. The van der Waals surface area contributed by atoms with Crippen molar-refractivity contribution >= 4 is 0 Å². The van der Waals surface area contributed by atoms with E-state index >= 15 is 0 Å².